The molecule has 0 heterocycles. The number of rotatable bonds is 9. The van der Waals surface area contributed by atoms with E-state index in [0.717, 1.165) is 31.0 Å². The summed E-state index contributed by atoms with van der Waals surface area (Å²) in [5, 5.41) is 10.3. The molecule has 0 aliphatic heterocycles. The van der Waals surface area contributed by atoms with Crippen molar-refractivity contribution in [3.8, 4) is 0 Å². The summed E-state index contributed by atoms with van der Waals surface area (Å²) in [6, 6.07) is 18.6. The monoisotopic (exact) mass is 577 g/mol. The zero-order valence-corrected chi connectivity index (χ0v) is 27.4. The predicted molar refractivity (Wildman–Crippen MR) is 175 cm³/mol. The fraction of sp³-hybridized carbons (Fsp3) is 0.606. The summed E-state index contributed by atoms with van der Waals surface area (Å²) in [4.78, 5) is 12.2. The number of alkyl carbamates (subject to hydrolysis) is 1. The quantitative estimate of drug-likeness (QED) is 0.206. The number of carbonyl (C=O) groups excluding carboxylic acids is 1. The van der Waals surface area contributed by atoms with Crippen molar-refractivity contribution in [2.45, 2.75) is 92.0 Å². The average Bonchev–Trinajstić information content (AvgIpc) is 3.44. The van der Waals surface area contributed by atoms with Gasteiger partial charge in [0.25, 0.3) is 0 Å². The molecule has 1 aliphatic carbocycles. The van der Waals surface area contributed by atoms with Crippen molar-refractivity contribution in [1.82, 2.24) is 9.62 Å². The largest absolute Gasteiger partial charge is 0.453 e. The summed E-state index contributed by atoms with van der Waals surface area (Å²) >= 11 is 1.75. The Bertz CT molecular complexity index is 798. The van der Waals surface area contributed by atoms with Crippen LogP contribution in [0, 0.1) is 18.8 Å². The van der Waals surface area contributed by atoms with Crippen molar-refractivity contribution in [3.63, 3.8) is 0 Å². The number of methoxy groups -OCH3 is 1. The Morgan fingerprint density at radius 2 is 1.65 bits per heavy atom. The van der Waals surface area contributed by atoms with Crippen LogP contribution in [-0.2, 0) is 11.3 Å². The first-order valence-corrected chi connectivity index (χ1v) is 15.7. The van der Waals surface area contributed by atoms with Crippen LogP contribution in [0.3, 0.4) is 0 Å². The number of aliphatic hydroxyl groups excluding tert-OH is 1. The minimum absolute atomic E-state index is 0.250. The lowest BCUT2D eigenvalue weighted by Gasteiger charge is -2.23. The number of aryl methyl sites for hydroxylation is 1. The van der Waals surface area contributed by atoms with Crippen LogP contribution in [0.25, 0.3) is 0 Å². The summed E-state index contributed by atoms with van der Waals surface area (Å²) in [5.41, 5.74) is 8.08. The molecule has 0 saturated heterocycles. The summed E-state index contributed by atoms with van der Waals surface area (Å²) in [6.45, 7) is 17.9. The molecule has 40 heavy (non-hydrogen) atoms. The van der Waals surface area contributed by atoms with Crippen molar-refractivity contribution in [2.75, 3.05) is 33.4 Å². The van der Waals surface area contributed by atoms with Gasteiger partial charge in [-0.15, -0.1) is 0 Å². The SMILES string of the molecule is CC.CC1CCCC1.CCO.COC(=O)NCCCN(CC(C)C)Sc1ccc(CN)cc1.Cc1ccccc1. The number of aliphatic hydroxyl groups is 1. The predicted octanol–water partition coefficient (Wildman–Crippen LogP) is 8.07. The minimum atomic E-state index is -0.375. The Labute approximate surface area is 250 Å². The molecule has 0 unspecified atom stereocenters. The maximum absolute atomic E-state index is 11.0. The van der Waals surface area contributed by atoms with E-state index < -0.39 is 0 Å². The number of nitrogens with two attached hydrogens (primary N) is 1. The van der Waals surface area contributed by atoms with E-state index in [1.54, 1.807) is 18.9 Å². The number of nitrogens with one attached hydrogen (secondary N) is 1. The van der Waals surface area contributed by atoms with E-state index in [9.17, 15) is 4.79 Å². The molecular weight excluding hydrogens is 518 g/mol. The zero-order valence-electron chi connectivity index (χ0n) is 26.6. The van der Waals surface area contributed by atoms with Gasteiger partial charge in [-0.05, 0) is 61.7 Å². The Kier molecular flexibility index (Phi) is 28.5. The van der Waals surface area contributed by atoms with Crippen LogP contribution in [0.5, 0.6) is 0 Å². The van der Waals surface area contributed by atoms with E-state index in [1.807, 2.05) is 32.0 Å². The van der Waals surface area contributed by atoms with Crippen LogP contribution >= 0.6 is 11.9 Å². The van der Waals surface area contributed by atoms with Crippen LogP contribution < -0.4 is 11.1 Å². The molecule has 7 heteroatoms. The molecule has 1 aliphatic rings. The second-order valence-electron chi connectivity index (χ2n) is 9.85. The van der Waals surface area contributed by atoms with Crippen LogP contribution in [0.4, 0.5) is 4.79 Å². The first-order chi connectivity index (χ1) is 19.2. The lowest BCUT2D eigenvalue weighted by atomic mass is 10.2. The van der Waals surface area contributed by atoms with Crippen molar-refractivity contribution in [2.24, 2.45) is 17.6 Å². The molecule has 0 spiro atoms. The van der Waals surface area contributed by atoms with Gasteiger partial charge in [-0.3, -0.25) is 0 Å². The molecule has 1 fully saturated rings. The maximum atomic E-state index is 11.0. The number of ether oxygens (including phenoxy) is 1. The molecule has 0 radical (unpaired) electrons. The Morgan fingerprint density at radius 1 is 1.10 bits per heavy atom. The van der Waals surface area contributed by atoms with Crippen LogP contribution in [-0.4, -0.2) is 48.9 Å². The lowest BCUT2D eigenvalue weighted by molar-refractivity contribution is 0.170. The van der Waals surface area contributed by atoms with Gasteiger partial charge < -0.3 is 20.9 Å². The first kappa shape index (κ1) is 40.1. The third-order valence-corrected chi connectivity index (χ3v) is 6.66. The standard InChI is InChI=1S/C16H27N3O2S.C7H8.C6H12.C2H6O.C2H6/c1-13(2)12-19(10-4-9-18-16(20)21-3)22-15-7-5-14(11-17)6-8-15;1-7-5-3-2-4-6-7;1-6-4-2-3-5-6;1-2-3;1-2/h5-8,13H,4,9-12,17H2,1-3H3,(H,18,20);2-6H,1H3;6H,2-5H2,1H3;3H,2H2,1H3;1-2H3. The highest BCUT2D eigenvalue weighted by Crippen LogP contribution is 2.24. The van der Waals surface area contributed by atoms with Gasteiger partial charge in [-0.1, -0.05) is 108 Å². The molecule has 0 aromatic heterocycles. The second-order valence-corrected chi connectivity index (χ2v) is 11.0. The topological polar surface area (TPSA) is 87.8 Å². The van der Waals surface area contributed by atoms with Crippen LogP contribution in [0.15, 0.2) is 59.5 Å². The lowest BCUT2D eigenvalue weighted by Crippen LogP contribution is -2.28. The molecule has 6 nitrogen and oxygen atoms in total. The van der Waals surface area contributed by atoms with Crippen molar-refractivity contribution >= 4 is 18.0 Å². The average molecular weight is 578 g/mol. The summed E-state index contributed by atoms with van der Waals surface area (Å²) < 4.78 is 6.89. The van der Waals surface area contributed by atoms with E-state index in [1.165, 1.54) is 43.3 Å². The zero-order chi connectivity index (χ0) is 30.6. The highest BCUT2D eigenvalue weighted by atomic mass is 32.2. The normalized spacial score (nSPS) is 12.0. The Morgan fingerprint density at radius 3 is 2.02 bits per heavy atom. The second kappa shape index (κ2) is 28.5. The third-order valence-electron chi connectivity index (χ3n) is 5.59. The van der Waals surface area contributed by atoms with Gasteiger partial charge in [0.2, 0.25) is 0 Å². The van der Waals surface area contributed by atoms with Gasteiger partial charge >= 0.3 is 6.09 Å². The van der Waals surface area contributed by atoms with Crippen LogP contribution in [0.2, 0.25) is 0 Å². The highest BCUT2D eigenvalue weighted by molar-refractivity contribution is 7.97. The highest BCUT2D eigenvalue weighted by Gasteiger charge is 2.10. The number of benzene rings is 2. The summed E-state index contributed by atoms with van der Waals surface area (Å²) in [6.07, 6.45) is 6.46. The molecule has 0 bridgehead atoms. The van der Waals surface area contributed by atoms with Gasteiger partial charge in [0, 0.05) is 37.7 Å². The van der Waals surface area contributed by atoms with Crippen LogP contribution in [0.1, 0.15) is 84.8 Å². The van der Waals surface area contributed by atoms with Gasteiger partial charge in [0.15, 0.2) is 0 Å². The van der Waals surface area contributed by atoms with E-state index in [0.29, 0.717) is 19.0 Å². The maximum Gasteiger partial charge on any atom is 0.406 e. The van der Waals surface area contributed by atoms with Gasteiger partial charge in [0.05, 0.1) is 7.11 Å². The Balaban J connectivity index is 0. The van der Waals surface area contributed by atoms with Crippen molar-refractivity contribution in [1.29, 1.82) is 0 Å². The van der Waals surface area contributed by atoms with E-state index >= 15 is 0 Å². The molecule has 4 N–H and O–H groups in total. The molecule has 1 amide bonds. The van der Waals surface area contributed by atoms with Crippen molar-refractivity contribution < 1.29 is 14.6 Å². The van der Waals surface area contributed by atoms with Gasteiger partial charge in [-0.25, -0.2) is 9.10 Å². The summed E-state index contributed by atoms with van der Waals surface area (Å²) in [5.74, 6) is 1.63. The number of hydrogen-bond donors (Lipinski definition) is 3. The number of carbonyl (C=O) groups is 1. The van der Waals surface area contributed by atoms with Gasteiger partial charge in [0.1, 0.15) is 0 Å². The molecule has 0 atom stereocenters. The smallest absolute Gasteiger partial charge is 0.406 e. The number of amides is 1. The van der Waals surface area contributed by atoms with Gasteiger partial charge in [-0.2, -0.15) is 0 Å². The molecular formula is C33H59N3O3S. The fourth-order valence-corrected chi connectivity index (χ4v) is 4.75. The Hall–Kier alpha value is -2.06. The first-order valence-electron chi connectivity index (χ1n) is 14.9. The molecule has 2 aromatic carbocycles. The minimum Gasteiger partial charge on any atom is -0.453 e. The van der Waals surface area contributed by atoms with Crippen molar-refractivity contribution in [3.05, 3.63) is 65.7 Å². The third kappa shape index (κ3) is 24.9. The molecule has 2 aromatic rings. The van der Waals surface area contributed by atoms with E-state index in [-0.39, 0.29) is 12.7 Å². The summed E-state index contributed by atoms with van der Waals surface area (Å²) in [7, 11) is 1.38. The molecule has 230 valence electrons. The molecule has 3 rings (SSSR count). The fourth-order valence-electron chi connectivity index (χ4n) is 3.60. The number of hydrogen-bond acceptors (Lipinski definition) is 6. The number of nitrogens with zero attached hydrogens (tertiary/aromatic N) is 1. The van der Waals surface area contributed by atoms with E-state index in [4.69, 9.17) is 10.8 Å². The van der Waals surface area contributed by atoms with E-state index in [2.05, 4.69) is 78.5 Å². The molecule has 1 saturated carbocycles.